The molecule has 1 unspecified atom stereocenters. The molecule has 1 aromatic rings. The van der Waals surface area contributed by atoms with E-state index in [2.05, 4.69) is 21.8 Å². The van der Waals surface area contributed by atoms with Gasteiger partial charge < -0.3 is 19.4 Å². The zero-order valence-corrected chi connectivity index (χ0v) is 17.2. The molecule has 8 heteroatoms. The average molecular weight is 390 g/mol. The maximum atomic E-state index is 13.0. The molecule has 8 nitrogen and oxygen atoms in total. The maximum absolute atomic E-state index is 13.0. The van der Waals surface area contributed by atoms with E-state index in [4.69, 9.17) is 4.74 Å². The minimum absolute atomic E-state index is 0.0969. The molecule has 2 amide bonds. The summed E-state index contributed by atoms with van der Waals surface area (Å²) in [6.45, 7) is 9.10. The normalized spacial score (nSPS) is 20.2. The molecule has 0 saturated carbocycles. The summed E-state index contributed by atoms with van der Waals surface area (Å²) in [5.41, 5.74) is 1.24. The van der Waals surface area contributed by atoms with Gasteiger partial charge in [0, 0.05) is 44.5 Å². The number of rotatable bonds is 4. The Bertz CT molecular complexity index is 703. The van der Waals surface area contributed by atoms with Crippen molar-refractivity contribution < 1.29 is 14.3 Å². The van der Waals surface area contributed by atoms with Crippen molar-refractivity contribution in [2.24, 2.45) is 0 Å². The largest absolute Gasteiger partial charge is 0.450 e. The molecule has 2 aliphatic rings. The van der Waals surface area contributed by atoms with Gasteiger partial charge in [0.05, 0.1) is 6.61 Å². The lowest BCUT2D eigenvalue weighted by atomic mass is 10.0. The number of hydrogen-bond donors (Lipinski definition) is 0. The zero-order chi connectivity index (χ0) is 20.1. The molecule has 3 rings (SSSR count). The number of carbonyl (C=O) groups excluding carboxylic acids is 2. The van der Waals surface area contributed by atoms with Gasteiger partial charge in [0.1, 0.15) is 5.69 Å². The van der Waals surface area contributed by atoms with Gasteiger partial charge in [-0.1, -0.05) is 6.92 Å². The first-order valence-electron chi connectivity index (χ1n) is 10.4. The number of aromatic nitrogens is 2. The topological polar surface area (TPSA) is 78.9 Å². The van der Waals surface area contributed by atoms with Gasteiger partial charge in [-0.05, 0) is 45.6 Å². The summed E-state index contributed by atoms with van der Waals surface area (Å²) < 4.78 is 5.04. The highest BCUT2D eigenvalue weighted by Gasteiger charge is 2.28. The number of hydrogen-bond acceptors (Lipinski definition) is 6. The quantitative estimate of drug-likeness (QED) is 0.787. The lowest BCUT2D eigenvalue weighted by Crippen LogP contribution is -2.51. The number of aryl methyl sites for hydroxylation is 1. The highest BCUT2D eigenvalue weighted by molar-refractivity contribution is 5.93. The molecule has 0 radical (unpaired) electrons. The Hall–Kier alpha value is -2.38. The molecule has 1 aromatic heterocycles. The van der Waals surface area contributed by atoms with Gasteiger partial charge in [-0.15, -0.1) is 0 Å². The van der Waals surface area contributed by atoms with E-state index in [-0.39, 0.29) is 12.0 Å². The number of amides is 2. The number of anilines is 1. The Labute approximate surface area is 166 Å². The van der Waals surface area contributed by atoms with Crippen molar-refractivity contribution in [1.29, 1.82) is 0 Å². The Kier molecular flexibility index (Phi) is 6.70. The second kappa shape index (κ2) is 9.21. The van der Waals surface area contributed by atoms with Gasteiger partial charge in [0.15, 0.2) is 0 Å². The van der Waals surface area contributed by atoms with Gasteiger partial charge in [0.2, 0.25) is 5.95 Å². The van der Waals surface area contributed by atoms with E-state index >= 15 is 0 Å². The Morgan fingerprint density at radius 2 is 1.79 bits per heavy atom. The SMILES string of the molecule is CCOC(=O)N1CCN(C(=O)c2cc(C)nc(N3CCCCC3CC)n2)CC1. The van der Waals surface area contributed by atoms with Crippen LogP contribution in [0.4, 0.5) is 10.7 Å². The molecule has 28 heavy (non-hydrogen) atoms. The number of piperazine rings is 1. The van der Waals surface area contributed by atoms with Crippen LogP contribution < -0.4 is 4.90 Å². The van der Waals surface area contributed by atoms with E-state index in [0.717, 1.165) is 31.5 Å². The predicted octanol–water partition coefficient (Wildman–Crippen LogP) is 2.47. The standard InChI is InChI=1S/C20H31N5O3/c1-4-16-8-6-7-9-25(16)19-21-15(3)14-17(22-19)18(26)23-10-12-24(13-11-23)20(27)28-5-2/h14,16H,4-13H2,1-3H3. The zero-order valence-electron chi connectivity index (χ0n) is 17.2. The van der Waals surface area contributed by atoms with Crippen LogP contribution in [0.1, 0.15) is 55.7 Å². The fourth-order valence-electron chi connectivity index (χ4n) is 3.95. The minimum atomic E-state index is -0.314. The van der Waals surface area contributed by atoms with Gasteiger partial charge >= 0.3 is 6.09 Å². The fourth-order valence-corrected chi connectivity index (χ4v) is 3.95. The summed E-state index contributed by atoms with van der Waals surface area (Å²) in [7, 11) is 0. The third kappa shape index (κ3) is 4.54. The van der Waals surface area contributed by atoms with Crippen LogP contribution in [0.25, 0.3) is 0 Å². The van der Waals surface area contributed by atoms with E-state index in [9.17, 15) is 9.59 Å². The molecule has 0 spiro atoms. The summed E-state index contributed by atoms with van der Waals surface area (Å²) in [4.78, 5) is 39.8. The molecule has 0 aliphatic carbocycles. The molecule has 0 aromatic carbocycles. The first-order chi connectivity index (χ1) is 13.5. The van der Waals surface area contributed by atoms with E-state index in [0.29, 0.717) is 50.5 Å². The lowest BCUT2D eigenvalue weighted by molar-refractivity contribution is 0.0566. The second-order valence-electron chi connectivity index (χ2n) is 7.42. The summed E-state index contributed by atoms with van der Waals surface area (Å²) in [5, 5.41) is 0. The number of ether oxygens (including phenoxy) is 1. The van der Waals surface area contributed by atoms with E-state index in [1.54, 1.807) is 22.8 Å². The monoisotopic (exact) mass is 389 g/mol. The smallest absolute Gasteiger partial charge is 0.409 e. The highest BCUT2D eigenvalue weighted by atomic mass is 16.6. The first-order valence-corrected chi connectivity index (χ1v) is 10.4. The van der Waals surface area contributed by atoms with Crippen LogP contribution in [-0.2, 0) is 4.74 Å². The lowest BCUT2D eigenvalue weighted by Gasteiger charge is -2.36. The Morgan fingerprint density at radius 1 is 1.07 bits per heavy atom. The Morgan fingerprint density at radius 3 is 2.46 bits per heavy atom. The van der Waals surface area contributed by atoms with Crippen molar-refractivity contribution in [3.05, 3.63) is 17.5 Å². The molecule has 3 heterocycles. The van der Waals surface area contributed by atoms with Gasteiger partial charge in [0.25, 0.3) is 5.91 Å². The van der Waals surface area contributed by atoms with Crippen molar-refractivity contribution in [2.75, 3.05) is 44.2 Å². The number of nitrogens with zero attached hydrogens (tertiary/aromatic N) is 5. The van der Waals surface area contributed by atoms with Crippen molar-refractivity contribution in [3.8, 4) is 0 Å². The van der Waals surface area contributed by atoms with Gasteiger partial charge in [-0.3, -0.25) is 4.79 Å². The molecule has 2 aliphatic heterocycles. The van der Waals surface area contributed by atoms with Crippen LogP contribution in [0.3, 0.4) is 0 Å². The summed E-state index contributed by atoms with van der Waals surface area (Å²) in [5.74, 6) is 0.570. The molecule has 1 atom stereocenters. The summed E-state index contributed by atoms with van der Waals surface area (Å²) >= 11 is 0. The van der Waals surface area contributed by atoms with Crippen LogP contribution >= 0.6 is 0 Å². The van der Waals surface area contributed by atoms with Crippen molar-refractivity contribution in [2.45, 2.75) is 52.5 Å². The fraction of sp³-hybridized carbons (Fsp3) is 0.700. The van der Waals surface area contributed by atoms with E-state index in [1.165, 1.54) is 6.42 Å². The van der Waals surface area contributed by atoms with Crippen molar-refractivity contribution >= 4 is 17.9 Å². The van der Waals surface area contributed by atoms with Crippen LogP contribution in [0.5, 0.6) is 0 Å². The first kappa shape index (κ1) is 20.4. The molecule has 0 bridgehead atoms. The van der Waals surface area contributed by atoms with Crippen molar-refractivity contribution in [1.82, 2.24) is 19.8 Å². The molecule has 0 N–H and O–H groups in total. The number of piperidine rings is 1. The van der Waals surface area contributed by atoms with Crippen LogP contribution in [-0.4, -0.2) is 77.1 Å². The second-order valence-corrected chi connectivity index (χ2v) is 7.42. The van der Waals surface area contributed by atoms with Crippen LogP contribution in [0, 0.1) is 6.92 Å². The van der Waals surface area contributed by atoms with E-state index in [1.807, 2.05) is 6.92 Å². The van der Waals surface area contributed by atoms with Crippen LogP contribution in [0.2, 0.25) is 0 Å². The summed E-state index contributed by atoms with van der Waals surface area (Å²) in [6, 6.07) is 2.20. The molecular weight excluding hydrogens is 358 g/mol. The highest BCUT2D eigenvalue weighted by Crippen LogP contribution is 2.24. The van der Waals surface area contributed by atoms with E-state index < -0.39 is 0 Å². The number of carbonyl (C=O) groups is 2. The van der Waals surface area contributed by atoms with Crippen LogP contribution in [0.15, 0.2) is 6.07 Å². The Balaban J connectivity index is 1.71. The third-order valence-corrected chi connectivity index (χ3v) is 5.51. The molecule has 2 saturated heterocycles. The van der Waals surface area contributed by atoms with Crippen molar-refractivity contribution in [3.63, 3.8) is 0 Å². The maximum Gasteiger partial charge on any atom is 0.409 e. The van der Waals surface area contributed by atoms with Gasteiger partial charge in [-0.25, -0.2) is 14.8 Å². The summed E-state index contributed by atoms with van der Waals surface area (Å²) in [6.07, 6.45) is 4.25. The third-order valence-electron chi connectivity index (χ3n) is 5.51. The molecular formula is C20H31N5O3. The average Bonchev–Trinajstić information content (AvgIpc) is 2.73. The molecule has 154 valence electrons. The van der Waals surface area contributed by atoms with Gasteiger partial charge in [-0.2, -0.15) is 0 Å². The molecule has 2 fully saturated rings. The predicted molar refractivity (Wildman–Crippen MR) is 107 cm³/mol. The minimum Gasteiger partial charge on any atom is -0.450 e.